The molecule has 154 valence electrons. The van der Waals surface area contributed by atoms with Crippen LogP contribution in [0.2, 0.25) is 0 Å². The van der Waals surface area contributed by atoms with Gasteiger partial charge in [-0.1, -0.05) is 6.07 Å². The van der Waals surface area contributed by atoms with E-state index in [4.69, 9.17) is 16.2 Å². The van der Waals surface area contributed by atoms with Crippen molar-refractivity contribution < 1.29 is 22.7 Å². The van der Waals surface area contributed by atoms with E-state index in [1.165, 1.54) is 0 Å². The lowest BCUT2D eigenvalue weighted by Gasteiger charge is -2.22. The van der Waals surface area contributed by atoms with Gasteiger partial charge in [-0.3, -0.25) is 4.79 Å². The molecule has 1 aromatic carbocycles. The molecule has 2 rings (SSSR count). The van der Waals surface area contributed by atoms with Crippen LogP contribution in [0.1, 0.15) is 37.8 Å². The van der Waals surface area contributed by atoms with Crippen molar-refractivity contribution in [2.75, 3.05) is 6.54 Å². The first kappa shape index (κ1) is 25.3. The van der Waals surface area contributed by atoms with Crippen molar-refractivity contribution >= 4 is 42.2 Å². The van der Waals surface area contributed by atoms with Crippen LogP contribution in [0.3, 0.4) is 0 Å². The van der Waals surface area contributed by atoms with Crippen molar-refractivity contribution in [1.29, 1.82) is 0 Å². The molecular weight excluding hydrogens is 408 g/mol. The molecule has 0 radical (unpaired) electrons. The maximum absolute atomic E-state index is 12.0. The number of hydrogen-bond donors (Lipinski definition) is 3. The number of halogens is 5. The summed E-state index contributed by atoms with van der Waals surface area (Å²) in [4.78, 5) is 15.0. The monoisotopic (exact) mass is 430 g/mol. The smallest absolute Gasteiger partial charge is 0.471 e. The van der Waals surface area contributed by atoms with Crippen LogP contribution in [0.4, 0.5) is 18.9 Å². The Morgan fingerprint density at radius 1 is 1.33 bits per heavy atom. The van der Waals surface area contributed by atoms with Crippen molar-refractivity contribution in [2.45, 2.75) is 44.5 Å². The first-order valence-electron chi connectivity index (χ1n) is 7.93. The van der Waals surface area contributed by atoms with Crippen LogP contribution in [-0.2, 0) is 4.79 Å². The number of nitrogens with two attached hydrogens (primary N) is 2. The van der Waals surface area contributed by atoms with E-state index in [2.05, 4.69) is 4.99 Å². The first-order chi connectivity index (χ1) is 11.7. The topological polar surface area (TPSA) is 103 Å². The molecule has 0 spiro atoms. The summed E-state index contributed by atoms with van der Waals surface area (Å²) in [5.74, 6) is -0.901. The van der Waals surface area contributed by atoms with E-state index >= 15 is 0 Å². The van der Waals surface area contributed by atoms with Gasteiger partial charge in [-0.15, -0.1) is 24.8 Å². The van der Waals surface area contributed by atoms with E-state index in [9.17, 15) is 18.0 Å². The molecule has 0 fully saturated rings. The third-order valence-electron chi connectivity index (χ3n) is 3.87. The number of ether oxygens (including phenoxy) is 1. The molecule has 6 nitrogen and oxygen atoms in total. The number of nitrogens with zero attached hydrogens (tertiary/aromatic N) is 1. The molecule has 1 aliphatic rings. The second kappa shape index (κ2) is 10.6. The number of amidine groups is 1. The maximum Gasteiger partial charge on any atom is 0.471 e. The zero-order valence-electron chi connectivity index (χ0n) is 14.6. The highest BCUT2D eigenvalue weighted by Crippen LogP contribution is 2.34. The summed E-state index contributed by atoms with van der Waals surface area (Å²) in [6.45, 7) is 1.76. The second-order valence-corrected chi connectivity index (χ2v) is 5.88. The number of hydrogen-bond acceptors (Lipinski definition) is 5. The molecule has 0 aliphatic carbocycles. The fourth-order valence-corrected chi connectivity index (χ4v) is 2.39. The number of alkyl halides is 3. The third-order valence-corrected chi connectivity index (χ3v) is 3.87. The van der Waals surface area contributed by atoms with Crippen molar-refractivity contribution in [3.8, 4) is 5.75 Å². The van der Waals surface area contributed by atoms with E-state index < -0.39 is 12.1 Å². The van der Waals surface area contributed by atoms with Gasteiger partial charge in [-0.25, -0.2) is 4.99 Å². The maximum atomic E-state index is 12.0. The number of rotatable bonds is 6. The molecule has 1 aromatic rings. The average Bonchev–Trinajstić information content (AvgIpc) is 2.54. The van der Waals surface area contributed by atoms with Gasteiger partial charge in [0.2, 0.25) is 0 Å². The Kier molecular flexibility index (Phi) is 9.91. The molecule has 1 heterocycles. The minimum Gasteiger partial charge on any atom is -0.481 e. The average molecular weight is 431 g/mol. The van der Waals surface area contributed by atoms with Crippen molar-refractivity contribution in [3.05, 3.63) is 23.8 Å². The van der Waals surface area contributed by atoms with E-state index in [0.717, 1.165) is 5.56 Å². The van der Waals surface area contributed by atoms with Crippen molar-refractivity contribution in [1.82, 2.24) is 5.32 Å². The number of carbonyl (C=O) groups is 1. The molecule has 2 atom stereocenters. The van der Waals surface area contributed by atoms with E-state index in [-0.39, 0.29) is 43.5 Å². The summed E-state index contributed by atoms with van der Waals surface area (Å²) in [5.41, 5.74) is 13.3. The van der Waals surface area contributed by atoms with Crippen LogP contribution in [-0.4, -0.2) is 30.6 Å². The molecule has 0 bridgehead atoms. The Morgan fingerprint density at radius 2 is 2.00 bits per heavy atom. The second-order valence-electron chi connectivity index (χ2n) is 5.88. The van der Waals surface area contributed by atoms with Gasteiger partial charge in [0, 0.05) is 12.6 Å². The Labute approximate surface area is 167 Å². The molecule has 5 N–H and O–H groups in total. The zero-order chi connectivity index (χ0) is 18.6. The lowest BCUT2D eigenvalue weighted by atomic mass is 10.0. The van der Waals surface area contributed by atoms with Crippen molar-refractivity contribution in [2.24, 2.45) is 16.5 Å². The van der Waals surface area contributed by atoms with Crippen LogP contribution in [0.5, 0.6) is 5.75 Å². The number of unbranched alkanes of at least 4 members (excludes halogenated alkanes) is 1. The van der Waals surface area contributed by atoms with Crippen LogP contribution in [0.25, 0.3) is 0 Å². The van der Waals surface area contributed by atoms with Gasteiger partial charge in [0.1, 0.15) is 17.3 Å². The Balaban J connectivity index is 0.00000338. The van der Waals surface area contributed by atoms with Gasteiger partial charge in [0.05, 0.1) is 0 Å². The molecular formula is C16H23Cl2F3N4O2. The molecule has 27 heavy (non-hydrogen) atoms. The molecule has 0 saturated heterocycles. The van der Waals surface area contributed by atoms with E-state index in [1.54, 1.807) is 19.1 Å². The first-order valence-corrected chi connectivity index (χ1v) is 7.93. The molecule has 1 aliphatic heterocycles. The Bertz CT molecular complexity index is 672. The fourth-order valence-electron chi connectivity index (χ4n) is 2.39. The highest BCUT2D eigenvalue weighted by atomic mass is 35.5. The quantitative estimate of drug-likeness (QED) is 0.603. The predicted octanol–water partition coefficient (Wildman–Crippen LogP) is 3.15. The Hall–Kier alpha value is -1.71. The number of carbonyl (C=O) groups excluding carboxylic acids is 1. The number of aliphatic imine (C=N–C) groups is 1. The minimum atomic E-state index is -4.85. The number of amides is 1. The standard InChI is InChI=1S/C16H21F3N4O2.2ClH/c1-9-14(21)23-12-8-10(5-6-13(12)25-9)11(20)4-2-3-7-22-15(24)16(17,18)19;;/h5-6,8-9,11H,2-4,7,20H2,1H3,(H2,21,23)(H,22,24);2*1H. The predicted molar refractivity (Wildman–Crippen MR) is 102 cm³/mol. The van der Waals surface area contributed by atoms with Crippen molar-refractivity contribution in [3.63, 3.8) is 0 Å². The lowest BCUT2D eigenvalue weighted by Crippen LogP contribution is -2.37. The van der Waals surface area contributed by atoms with Gasteiger partial charge in [0.25, 0.3) is 0 Å². The third kappa shape index (κ3) is 7.08. The van der Waals surface area contributed by atoms with Gasteiger partial charge in [-0.05, 0) is 43.9 Å². The highest BCUT2D eigenvalue weighted by molar-refractivity contribution is 5.89. The Morgan fingerprint density at radius 3 is 2.63 bits per heavy atom. The molecule has 0 saturated carbocycles. The summed E-state index contributed by atoms with van der Waals surface area (Å²) in [6.07, 6.45) is -3.57. The summed E-state index contributed by atoms with van der Waals surface area (Å²) in [7, 11) is 0. The van der Waals surface area contributed by atoms with Crippen LogP contribution in [0, 0.1) is 0 Å². The molecule has 1 amide bonds. The van der Waals surface area contributed by atoms with Gasteiger partial charge < -0.3 is 21.5 Å². The molecule has 11 heteroatoms. The summed E-state index contributed by atoms with van der Waals surface area (Å²) in [6, 6.07) is 5.11. The summed E-state index contributed by atoms with van der Waals surface area (Å²) >= 11 is 0. The van der Waals surface area contributed by atoms with Crippen LogP contribution >= 0.6 is 24.8 Å². The molecule has 0 aromatic heterocycles. The summed E-state index contributed by atoms with van der Waals surface area (Å²) in [5, 5.41) is 1.83. The van der Waals surface area contributed by atoms with Gasteiger partial charge >= 0.3 is 12.1 Å². The van der Waals surface area contributed by atoms with E-state index in [1.807, 2.05) is 11.4 Å². The fraction of sp³-hybridized carbons (Fsp3) is 0.500. The van der Waals surface area contributed by atoms with Crippen LogP contribution in [0.15, 0.2) is 23.2 Å². The number of nitrogens with one attached hydrogen (secondary N) is 1. The van der Waals surface area contributed by atoms with Gasteiger partial charge in [-0.2, -0.15) is 13.2 Å². The zero-order valence-corrected chi connectivity index (χ0v) is 16.2. The molecule has 2 unspecified atom stereocenters. The summed E-state index contributed by atoms with van der Waals surface area (Å²) < 4.78 is 41.7. The van der Waals surface area contributed by atoms with E-state index in [0.29, 0.717) is 36.5 Å². The normalized spacial score (nSPS) is 16.6. The number of benzene rings is 1. The number of fused-ring (bicyclic) bond motifs is 1. The SMILES string of the molecule is CC1Oc2ccc(C(N)CCCCNC(=O)C(F)(F)F)cc2N=C1N.Cl.Cl. The van der Waals surface area contributed by atoms with Gasteiger partial charge in [0.15, 0.2) is 6.10 Å². The minimum absolute atomic E-state index is 0. The largest absolute Gasteiger partial charge is 0.481 e. The lowest BCUT2D eigenvalue weighted by molar-refractivity contribution is -0.173. The highest BCUT2D eigenvalue weighted by Gasteiger charge is 2.38. The van der Waals surface area contributed by atoms with Crippen LogP contribution < -0.4 is 21.5 Å².